The summed E-state index contributed by atoms with van der Waals surface area (Å²) >= 11 is 0. The second kappa shape index (κ2) is 14.6. The lowest BCUT2D eigenvalue weighted by molar-refractivity contribution is -0.122. The predicted molar refractivity (Wildman–Crippen MR) is 151 cm³/mol. The third-order valence-corrected chi connectivity index (χ3v) is 7.31. The van der Waals surface area contributed by atoms with Crippen molar-refractivity contribution in [2.24, 2.45) is 0 Å². The second-order valence-corrected chi connectivity index (χ2v) is 9.84. The monoisotopic (exact) mass is 525 g/mol. The average Bonchev–Trinajstić information content (AvgIpc) is 3.17. The molecule has 2 aromatic carbocycles. The minimum atomic E-state index is -0.328. The molecule has 0 radical (unpaired) electrons. The van der Waals surface area contributed by atoms with E-state index in [-0.39, 0.29) is 23.1 Å². The maximum absolute atomic E-state index is 13.0. The van der Waals surface area contributed by atoms with E-state index in [1.165, 1.54) is 39.2 Å². The molecular formula is C31H43NO6. The SMILES string of the molecule is CCCCCCCCCCC(=O)N[C@H]1CCc2cc(OC)c(OC)c(OC)c2-c2ccc(OC)c(=O)cc21. The zero-order valence-electron chi connectivity index (χ0n) is 23.6. The van der Waals surface area contributed by atoms with Crippen LogP contribution in [0.4, 0.5) is 0 Å². The molecule has 1 aliphatic rings. The Labute approximate surface area is 226 Å². The molecule has 7 heteroatoms. The van der Waals surface area contributed by atoms with Crippen molar-refractivity contribution in [3.8, 4) is 34.1 Å². The van der Waals surface area contributed by atoms with Gasteiger partial charge in [0.2, 0.25) is 17.1 Å². The van der Waals surface area contributed by atoms with Crippen molar-refractivity contribution < 1.29 is 23.7 Å². The molecule has 1 aliphatic carbocycles. The quantitative estimate of drug-likeness (QED) is 0.288. The molecule has 0 aliphatic heterocycles. The van der Waals surface area contributed by atoms with Gasteiger partial charge in [-0.1, -0.05) is 57.9 Å². The minimum Gasteiger partial charge on any atom is -0.493 e. The van der Waals surface area contributed by atoms with Gasteiger partial charge in [0.05, 0.1) is 34.5 Å². The van der Waals surface area contributed by atoms with Crippen molar-refractivity contribution in [3.05, 3.63) is 45.6 Å². The molecule has 3 rings (SSSR count). The molecule has 1 atom stereocenters. The summed E-state index contributed by atoms with van der Waals surface area (Å²) in [5, 5.41) is 3.22. The normalized spacial score (nSPS) is 14.1. The highest BCUT2D eigenvalue weighted by atomic mass is 16.5. The summed E-state index contributed by atoms with van der Waals surface area (Å²) in [7, 11) is 6.24. The molecule has 0 heterocycles. The van der Waals surface area contributed by atoms with Crippen molar-refractivity contribution in [1.29, 1.82) is 0 Å². The number of nitrogens with one attached hydrogen (secondary N) is 1. The Kier molecular flexibility index (Phi) is 11.3. The van der Waals surface area contributed by atoms with Crippen LogP contribution >= 0.6 is 0 Å². The second-order valence-electron chi connectivity index (χ2n) is 9.84. The Morgan fingerprint density at radius 1 is 0.842 bits per heavy atom. The van der Waals surface area contributed by atoms with Gasteiger partial charge < -0.3 is 24.3 Å². The number of amides is 1. The molecule has 0 aromatic heterocycles. The summed E-state index contributed by atoms with van der Waals surface area (Å²) in [6, 6.07) is 6.75. The van der Waals surface area contributed by atoms with Crippen molar-refractivity contribution in [3.63, 3.8) is 0 Å². The molecule has 0 unspecified atom stereocenters. The highest BCUT2D eigenvalue weighted by molar-refractivity contribution is 5.83. The first kappa shape index (κ1) is 29.3. The molecule has 1 amide bonds. The van der Waals surface area contributed by atoms with Gasteiger partial charge in [0.25, 0.3) is 0 Å². The third-order valence-electron chi connectivity index (χ3n) is 7.31. The summed E-state index contributed by atoms with van der Waals surface area (Å²) in [4.78, 5) is 26.0. The molecular weight excluding hydrogens is 482 g/mol. The van der Waals surface area contributed by atoms with Gasteiger partial charge >= 0.3 is 0 Å². The van der Waals surface area contributed by atoms with Crippen LogP contribution in [0.2, 0.25) is 0 Å². The summed E-state index contributed by atoms with van der Waals surface area (Å²) in [5.74, 6) is 1.84. The van der Waals surface area contributed by atoms with Crippen molar-refractivity contribution in [1.82, 2.24) is 5.32 Å². The van der Waals surface area contributed by atoms with Gasteiger partial charge in [-0.15, -0.1) is 0 Å². The number of hydrogen-bond donors (Lipinski definition) is 1. The van der Waals surface area contributed by atoms with Gasteiger partial charge in [0, 0.05) is 12.0 Å². The topological polar surface area (TPSA) is 83.1 Å². The van der Waals surface area contributed by atoms with E-state index in [1.54, 1.807) is 33.5 Å². The summed E-state index contributed by atoms with van der Waals surface area (Å²) in [6.45, 7) is 2.22. The Bertz CT molecular complexity index is 1150. The molecule has 1 N–H and O–H groups in total. The fraction of sp³-hybridized carbons (Fsp3) is 0.548. The first-order valence-corrected chi connectivity index (χ1v) is 13.8. The predicted octanol–water partition coefficient (Wildman–Crippen LogP) is 6.38. The maximum atomic E-state index is 13.0. The van der Waals surface area contributed by atoms with Gasteiger partial charge in [0.15, 0.2) is 17.2 Å². The number of carbonyl (C=O) groups excluding carboxylic acids is 1. The molecule has 0 spiro atoms. The van der Waals surface area contributed by atoms with Crippen LogP contribution < -0.4 is 29.7 Å². The van der Waals surface area contributed by atoms with Crippen LogP contribution in [0.25, 0.3) is 11.1 Å². The van der Waals surface area contributed by atoms with E-state index in [1.807, 2.05) is 12.1 Å². The van der Waals surface area contributed by atoms with Gasteiger partial charge in [-0.2, -0.15) is 0 Å². The molecule has 0 fully saturated rings. The number of aryl methyl sites for hydroxylation is 1. The van der Waals surface area contributed by atoms with E-state index in [2.05, 4.69) is 12.2 Å². The van der Waals surface area contributed by atoms with E-state index in [4.69, 9.17) is 18.9 Å². The number of fused-ring (bicyclic) bond motifs is 3. The number of ether oxygens (including phenoxy) is 4. The highest BCUT2D eigenvalue weighted by Crippen LogP contribution is 2.50. The first-order valence-electron chi connectivity index (χ1n) is 13.8. The number of carbonyl (C=O) groups is 1. The van der Waals surface area contributed by atoms with E-state index in [9.17, 15) is 9.59 Å². The van der Waals surface area contributed by atoms with E-state index in [0.29, 0.717) is 36.5 Å². The van der Waals surface area contributed by atoms with Gasteiger partial charge in [0.1, 0.15) is 0 Å². The number of rotatable bonds is 14. The molecule has 2 aromatic rings. The molecule has 208 valence electrons. The van der Waals surface area contributed by atoms with Crippen molar-refractivity contribution in [2.75, 3.05) is 28.4 Å². The molecule has 0 saturated carbocycles. The minimum absolute atomic E-state index is 0.00550. The molecule has 7 nitrogen and oxygen atoms in total. The van der Waals surface area contributed by atoms with E-state index in [0.717, 1.165) is 41.5 Å². The van der Waals surface area contributed by atoms with Gasteiger partial charge in [-0.3, -0.25) is 9.59 Å². The summed E-state index contributed by atoms with van der Waals surface area (Å²) in [5.41, 5.74) is 3.13. The van der Waals surface area contributed by atoms with Crippen LogP contribution in [0.1, 0.15) is 88.3 Å². The molecule has 0 saturated heterocycles. The zero-order valence-corrected chi connectivity index (χ0v) is 23.6. The Balaban J connectivity index is 1.89. The van der Waals surface area contributed by atoms with Gasteiger partial charge in [-0.25, -0.2) is 0 Å². The average molecular weight is 526 g/mol. The van der Waals surface area contributed by atoms with Crippen molar-refractivity contribution in [2.45, 2.75) is 83.6 Å². The van der Waals surface area contributed by atoms with E-state index < -0.39 is 0 Å². The lowest BCUT2D eigenvalue weighted by Crippen LogP contribution is -2.28. The zero-order chi connectivity index (χ0) is 27.5. The standard InChI is InChI=1S/C31H43NO6/c1-6-7-8-9-10-11-12-13-14-28(34)32-24-17-15-21-19-27(36-3)30(37-4)31(38-5)29(21)22-16-18-26(35-2)25(33)20-23(22)24/h16,18-20,24H,6-15,17H2,1-5H3,(H,32,34)/t24-/m0/s1. The number of methoxy groups -OCH3 is 4. The number of unbranched alkanes of at least 4 members (excludes halogenated alkanes) is 7. The Hall–Kier alpha value is -3.22. The highest BCUT2D eigenvalue weighted by Gasteiger charge is 2.29. The largest absolute Gasteiger partial charge is 0.493 e. The number of benzene rings is 1. The third kappa shape index (κ3) is 7.00. The summed E-state index contributed by atoms with van der Waals surface area (Å²) in [6.07, 6.45) is 11.2. The van der Waals surface area contributed by atoms with Crippen LogP contribution in [0.3, 0.4) is 0 Å². The smallest absolute Gasteiger partial charge is 0.220 e. The molecule has 0 bridgehead atoms. The van der Waals surface area contributed by atoms with Crippen LogP contribution in [0.5, 0.6) is 23.0 Å². The fourth-order valence-corrected chi connectivity index (χ4v) is 5.30. The lowest BCUT2D eigenvalue weighted by atomic mass is 9.95. The van der Waals surface area contributed by atoms with Crippen LogP contribution in [-0.4, -0.2) is 34.3 Å². The maximum Gasteiger partial charge on any atom is 0.220 e. The lowest BCUT2D eigenvalue weighted by Gasteiger charge is -2.20. The van der Waals surface area contributed by atoms with E-state index >= 15 is 0 Å². The van der Waals surface area contributed by atoms with Gasteiger partial charge in [-0.05, 0) is 54.2 Å². The van der Waals surface area contributed by atoms with Crippen LogP contribution in [0, 0.1) is 0 Å². The first-order chi connectivity index (χ1) is 18.5. The van der Waals surface area contributed by atoms with Crippen LogP contribution in [0.15, 0.2) is 29.1 Å². The number of hydrogen-bond acceptors (Lipinski definition) is 6. The Morgan fingerprint density at radius 3 is 2.13 bits per heavy atom. The molecule has 38 heavy (non-hydrogen) atoms. The van der Waals surface area contributed by atoms with Crippen LogP contribution in [-0.2, 0) is 11.2 Å². The fourth-order valence-electron chi connectivity index (χ4n) is 5.30. The van der Waals surface area contributed by atoms with Crippen molar-refractivity contribution >= 4 is 5.91 Å². The Morgan fingerprint density at radius 2 is 1.50 bits per heavy atom. The summed E-state index contributed by atoms with van der Waals surface area (Å²) < 4.78 is 22.4.